The van der Waals surface area contributed by atoms with Crippen LogP contribution in [0.3, 0.4) is 0 Å². The summed E-state index contributed by atoms with van der Waals surface area (Å²) in [5.74, 6) is -0.000425. The van der Waals surface area contributed by atoms with Crippen LogP contribution in [-0.4, -0.2) is 30.5 Å². The van der Waals surface area contributed by atoms with Gasteiger partial charge < -0.3 is 32.4 Å². The Hall–Kier alpha value is -1.64. The van der Waals surface area contributed by atoms with E-state index in [4.69, 9.17) is 19.9 Å². The molecule has 2 atom stereocenters. The lowest BCUT2D eigenvalue weighted by atomic mass is 9.87. The number of nitrogen functional groups attached to an aromatic ring is 1. The number of carbonyl (C=O) groups is 1. The van der Waals surface area contributed by atoms with Crippen LogP contribution in [0.25, 0.3) is 0 Å². The van der Waals surface area contributed by atoms with Gasteiger partial charge in [0.25, 0.3) is 0 Å². The zero-order valence-corrected chi connectivity index (χ0v) is 15.5. The van der Waals surface area contributed by atoms with E-state index in [-0.39, 0.29) is 43.1 Å². The molecular weight excluding hydrogens is 350 g/mol. The van der Waals surface area contributed by atoms with E-state index in [2.05, 4.69) is 11.9 Å². The van der Waals surface area contributed by atoms with E-state index in [9.17, 15) is 9.59 Å². The largest absolute Gasteiger partial charge is 1.00 e. The van der Waals surface area contributed by atoms with Crippen LogP contribution >= 0.6 is 0 Å². The van der Waals surface area contributed by atoms with E-state index in [0.29, 0.717) is 0 Å². The van der Waals surface area contributed by atoms with Crippen LogP contribution in [-0.2, 0) is 19.0 Å². The van der Waals surface area contributed by atoms with Crippen molar-refractivity contribution in [3.05, 3.63) is 22.7 Å². The van der Waals surface area contributed by atoms with Gasteiger partial charge >= 0.3 is 11.7 Å². The van der Waals surface area contributed by atoms with E-state index in [1.807, 2.05) is 13.8 Å². The number of nitrogens with two attached hydrogens (primary N) is 1. The number of esters is 1. The molecule has 0 aromatic carbocycles. The topological polar surface area (TPSA) is 108 Å². The molecule has 1 aromatic rings. The first-order chi connectivity index (χ1) is 11.3. The highest BCUT2D eigenvalue weighted by molar-refractivity contribution is 5.75. The van der Waals surface area contributed by atoms with E-state index in [1.54, 1.807) is 6.07 Å². The number of anilines is 1. The molecule has 0 saturated carbocycles. The van der Waals surface area contributed by atoms with Gasteiger partial charge in [-0.15, -0.1) is 0 Å². The third kappa shape index (κ3) is 5.69. The number of nitrogens with zero attached hydrogens (tertiary/aromatic N) is 1. The van der Waals surface area contributed by atoms with Gasteiger partial charge in [0.05, 0.1) is 5.41 Å². The second kappa shape index (κ2) is 9.17. The van der Waals surface area contributed by atoms with Crippen LogP contribution in [0.2, 0.25) is 0 Å². The van der Waals surface area contributed by atoms with E-state index < -0.39 is 17.9 Å². The van der Waals surface area contributed by atoms with Crippen LogP contribution in [0.5, 0.6) is 0 Å². The summed E-state index contributed by atoms with van der Waals surface area (Å²) in [4.78, 5) is 26.5. The van der Waals surface area contributed by atoms with Crippen LogP contribution in [0, 0.1) is 5.41 Å². The van der Waals surface area contributed by atoms with Gasteiger partial charge in [-0.2, -0.15) is 14.3 Å². The predicted molar refractivity (Wildman–Crippen MR) is 85.8 cm³/mol. The molecule has 3 N–H and O–H groups in total. The quantitative estimate of drug-likeness (QED) is 0.417. The van der Waals surface area contributed by atoms with Crippen molar-refractivity contribution in [3.8, 4) is 0 Å². The van der Waals surface area contributed by atoms with Gasteiger partial charge in [0.1, 0.15) is 19.4 Å². The van der Waals surface area contributed by atoms with Crippen molar-refractivity contribution in [3.63, 3.8) is 0 Å². The minimum absolute atomic E-state index is 0. The van der Waals surface area contributed by atoms with Crippen molar-refractivity contribution in [2.75, 3.05) is 18.9 Å². The number of hydrogen-bond acceptors (Lipinski definition) is 6. The fourth-order valence-electron chi connectivity index (χ4n) is 2.42. The molecule has 0 spiro atoms. The monoisotopic (exact) mass is 375 g/mol. The average Bonchev–Trinajstić information content (AvgIpc) is 2.99. The summed E-state index contributed by atoms with van der Waals surface area (Å²) in [6.07, 6.45) is 3.03. The summed E-state index contributed by atoms with van der Waals surface area (Å²) >= 11 is 0. The summed E-state index contributed by atoms with van der Waals surface area (Å²) in [7, 11) is 0. The maximum Gasteiger partial charge on any atom is 0.499 e. The first kappa shape index (κ1) is 21.4. The highest BCUT2D eigenvalue weighted by Gasteiger charge is 2.34. The molecule has 0 bridgehead atoms. The molecule has 142 valence electrons. The number of unbranched alkanes of at least 4 members (excludes halogenated alkanes) is 1. The van der Waals surface area contributed by atoms with Gasteiger partial charge in [0, 0.05) is 6.07 Å². The van der Waals surface area contributed by atoms with Gasteiger partial charge in [0.2, 0.25) is 6.23 Å². The Balaban J connectivity index is 0.00000312. The lowest BCUT2D eigenvalue weighted by molar-refractivity contribution is -0.771. The maximum absolute atomic E-state index is 12.2. The van der Waals surface area contributed by atoms with Crippen molar-refractivity contribution in [1.82, 2.24) is 4.98 Å². The third-order valence-electron chi connectivity index (χ3n) is 4.00. The zero-order valence-electron chi connectivity index (χ0n) is 14.8. The number of aromatic nitrogens is 2. The predicted octanol–water partition coefficient (Wildman–Crippen LogP) is -2.12. The number of halogens is 1. The highest BCUT2D eigenvalue weighted by atomic mass is 35.5. The Bertz CT molecular complexity index is 634. The number of nitrogens with one attached hydrogen (secondary N) is 1. The number of carbonyl (C=O) groups excluding carboxylic acids is 1. The first-order valence-electron chi connectivity index (χ1n) is 8.17. The Labute approximate surface area is 153 Å². The van der Waals surface area contributed by atoms with Crippen LogP contribution in [0.4, 0.5) is 5.82 Å². The Morgan fingerprint density at radius 2 is 2.24 bits per heavy atom. The average molecular weight is 376 g/mol. The fraction of sp³-hybridized carbons (Fsp3) is 0.688. The minimum atomic E-state index is -0.689. The van der Waals surface area contributed by atoms with Crippen molar-refractivity contribution in [2.45, 2.75) is 52.6 Å². The van der Waals surface area contributed by atoms with Crippen molar-refractivity contribution in [2.24, 2.45) is 5.41 Å². The third-order valence-corrected chi connectivity index (χ3v) is 4.00. The van der Waals surface area contributed by atoms with Crippen LogP contribution in [0.1, 0.15) is 46.3 Å². The zero-order chi connectivity index (χ0) is 17.7. The van der Waals surface area contributed by atoms with Crippen molar-refractivity contribution >= 4 is 11.8 Å². The molecule has 1 aliphatic heterocycles. The lowest BCUT2D eigenvalue weighted by Crippen LogP contribution is -3.00. The Kier molecular flexibility index (Phi) is 7.85. The molecule has 0 amide bonds. The normalized spacial score (nSPS) is 20.1. The maximum atomic E-state index is 12.2. The first-order valence-corrected chi connectivity index (χ1v) is 8.17. The van der Waals surface area contributed by atoms with E-state index in [0.717, 1.165) is 19.3 Å². The van der Waals surface area contributed by atoms with Crippen molar-refractivity contribution in [1.29, 1.82) is 0 Å². The minimum Gasteiger partial charge on any atom is -1.00 e. The van der Waals surface area contributed by atoms with E-state index in [1.165, 1.54) is 10.8 Å². The standard InChI is InChI=1S/C16H25N3O5.ClH/c1-4-5-7-16(2,3)14(20)23-10-13-22-9-12(24-13)19-8-6-11(17)18-15(19)21;/h6,8,12-13H,4-5,7,9-10H2,1-3H3,(H2,17,18,21);1H/t12-,13-;/m0./s1. The highest BCUT2D eigenvalue weighted by Crippen LogP contribution is 2.25. The van der Waals surface area contributed by atoms with Crippen molar-refractivity contribution < 1.29 is 36.0 Å². The summed E-state index contributed by atoms with van der Waals surface area (Å²) in [6.45, 7) is 6.01. The van der Waals surface area contributed by atoms with Gasteiger partial charge in [-0.25, -0.2) is 0 Å². The Morgan fingerprint density at radius 1 is 1.52 bits per heavy atom. The second-order valence-corrected chi connectivity index (χ2v) is 6.55. The smallest absolute Gasteiger partial charge is 0.499 e. The molecule has 0 aliphatic carbocycles. The van der Waals surface area contributed by atoms with Gasteiger partial charge in [0.15, 0.2) is 12.1 Å². The molecule has 25 heavy (non-hydrogen) atoms. The molecule has 1 aliphatic rings. The molecule has 0 radical (unpaired) electrons. The van der Waals surface area contributed by atoms with E-state index >= 15 is 0 Å². The summed E-state index contributed by atoms with van der Waals surface area (Å²) < 4.78 is 17.7. The second-order valence-electron chi connectivity index (χ2n) is 6.55. The molecule has 2 rings (SSSR count). The SMILES string of the molecule is CCCCC(C)(C)C(=O)OC[C@H]1OC[C@@H]([n+]2ccc(N)[nH]c2=O)O1.[Cl-]. The number of ether oxygens (including phenoxy) is 3. The number of H-pyrrole nitrogens is 1. The molecule has 9 heteroatoms. The van der Waals surface area contributed by atoms with Crippen LogP contribution in [0.15, 0.2) is 17.1 Å². The fourth-order valence-corrected chi connectivity index (χ4v) is 2.42. The molecule has 1 aromatic heterocycles. The molecule has 8 nitrogen and oxygen atoms in total. The molecule has 1 saturated heterocycles. The summed E-state index contributed by atoms with van der Waals surface area (Å²) in [5.41, 5.74) is 4.59. The number of aromatic amines is 1. The molecule has 1 fully saturated rings. The molecule has 0 unspecified atom stereocenters. The number of rotatable bonds is 7. The summed E-state index contributed by atoms with van der Waals surface area (Å²) in [6, 6.07) is 1.56. The summed E-state index contributed by atoms with van der Waals surface area (Å²) in [5, 5.41) is 0. The van der Waals surface area contributed by atoms with Gasteiger partial charge in [-0.3, -0.25) is 4.79 Å². The Morgan fingerprint density at radius 3 is 2.88 bits per heavy atom. The number of hydrogen-bond donors (Lipinski definition) is 2. The van der Waals surface area contributed by atoms with Gasteiger partial charge in [-0.1, -0.05) is 19.8 Å². The lowest BCUT2D eigenvalue weighted by Gasteiger charge is -2.23. The van der Waals surface area contributed by atoms with Crippen LogP contribution < -0.4 is 28.4 Å². The molecular formula is C16H26ClN3O5. The molecule has 2 heterocycles. The van der Waals surface area contributed by atoms with Gasteiger partial charge in [-0.05, 0) is 20.3 Å².